The van der Waals surface area contributed by atoms with Gasteiger partial charge in [0.05, 0.1) is 16.6 Å². The van der Waals surface area contributed by atoms with Crippen LogP contribution in [-0.2, 0) is 13.0 Å². The molecule has 3 heterocycles. The molecule has 0 unspecified atom stereocenters. The molecule has 0 aliphatic carbocycles. The molecule has 1 aliphatic rings. The van der Waals surface area contributed by atoms with Gasteiger partial charge in [0.2, 0.25) is 0 Å². The van der Waals surface area contributed by atoms with E-state index in [1.165, 1.54) is 16.2 Å². The Morgan fingerprint density at radius 3 is 2.77 bits per heavy atom. The Labute approximate surface area is 183 Å². The van der Waals surface area contributed by atoms with Gasteiger partial charge >= 0.3 is 0 Å². The highest BCUT2D eigenvalue weighted by molar-refractivity contribution is 7.15. The number of carbonyl (C=O) groups is 1. The van der Waals surface area contributed by atoms with Gasteiger partial charge in [-0.3, -0.25) is 14.9 Å². The van der Waals surface area contributed by atoms with Crippen molar-refractivity contribution in [3.8, 4) is 11.3 Å². The summed E-state index contributed by atoms with van der Waals surface area (Å²) < 4.78 is 6.16. The minimum atomic E-state index is -0.337. The predicted octanol–water partition coefficient (Wildman–Crippen LogP) is 4.47. The molecular formula is C24H21N3O3S. The molecule has 0 atom stereocenters. The minimum Gasteiger partial charge on any atom is -0.455 e. The number of anilines is 1. The van der Waals surface area contributed by atoms with Crippen LogP contribution in [0.1, 0.15) is 26.5 Å². The average Bonchev–Trinajstić information content (AvgIpc) is 3.17. The lowest BCUT2D eigenvalue weighted by molar-refractivity contribution is 0.102. The molecule has 1 aliphatic heterocycles. The van der Waals surface area contributed by atoms with E-state index in [1.54, 1.807) is 25.1 Å². The van der Waals surface area contributed by atoms with Crippen LogP contribution in [0.15, 0.2) is 57.7 Å². The monoisotopic (exact) mass is 431 g/mol. The van der Waals surface area contributed by atoms with Gasteiger partial charge in [-0.2, -0.15) is 0 Å². The Kier molecular flexibility index (Phi) is 4.92. The number of thiazole rings is 1. The molecule has 1 N–H and O–H groups in total. The van der Waals surface area contributed by atoms with Crippen molar-refractivity contribution in [2.75, 3.05) is 18.9 Å². The fourth-order valence-electron chi connectivity index (χ4n) is 3.89. The van der Waals surface area contributed by atoms with Crippen LogP contribution in [0.25, 0.3) is 22.3 Å². The van der Waals surface area contributed by atoms with Crippen LogP contribution in [0.3, 0.4) is 0 Å². The molecule has 31 heavy (non-hydrogen) atoms. The Morgan fingerprint density at radius 1 is 1.16 bits per heavy atom. The molecule has 5 rings (SSSR count). The molecule has 0 bridgehead atoms. The maximum absolute atomic E-state index is 13.1. The van der Waals surface area contributed by atoms with E-state index in [1.807, 2.05) is 30.3 Å². The number of aromatic nitrogens is 1. The number of amides is 1. The number of hydrogen-bond acceptors (Lipinski definition) is 6. The number of hydrogen-bond donors (Lipinski definition) is 1. The number of likely N-dealkylation sites (N-methyl/N-ethyl adjacent to an activating group) is 1. The summed E-state index contributed by atoms with van der Waals surface area (Å²) in [5, 5.41) is 3.87. The molecule has 156 valence electrons. The third-order valence-corrected chi connectivity index (χ3v) is 6.57. The van der Waals surface area contributed by atoms with E-state index >= 15 is 0 Å². The van der Waals surface area contributed by atoms with Gasteiger partial charge in [0.1, 0.15) is 5.76 Å². The zero-order chi connectivity index (χ0) is 21.5. The normalized spacial score (nSPS) is 13.9. The summed E-state index contributed by atoms with van der Waals surface area (Å²) in [7, 11) is 2.07. The zero-order valence-corrected chi connectivity index (χ0v) is 18.1. The second kappa shape index (κ2) is 7.76. The van der Waals surface area contributed by atoms with E-state index in [0.29, 0.717) is 27.4 Å². The molecule has 2 aromatic heterocycles. The van der Waals surface area contributed by atoms with Crippen LogP contribution in [0.2, 0.25) is 0 Å². The molecule has 0 radical (unpaired) electrons. The lowest BCUT2D eigenvalue weighted by atomic mass is 10.0. The van der Waals surface area contributed by atoms with E-state index in [-0.39, 0.29) is 16.9 Å². The van der Waals surface area contributed by atoms with Crippen LogP contribution in [-0.4, -0.2) is 29.4 Å². The number of nitrogens with zero attached hydrogens (tertiary/aromatic N) is 2. The van der Waals surface area contributed by atoms with Gasteiger partial charge in [-0.1, -0.05) is 36.4 Å². The van der Waals surface area contributed by atoms with E-state index in [0.717, 1.165) is 30.8 Å². The number of carbonyl (C=O) groups excluding carboxylic acids is 1. The first-order valence-corrected chi connectivity index (χ1v) is 10.9. The van der Waals surface area contributed by atoms with Crippen molar-refractivity contribution in [1.29, 1.82) is 0 Å². The fourth-order valence-corrected chi connectivity index (χ4v) is 4.98. The Morgan fingerprint density at radius 2 is 1.97 bits per heavy atom. The number of benzene rings is 2. The van der Waals surface area contributed by atoms with Gasteiger partial charge in [-0.15, -0.1) is 11.3 Å². The van der Waals surface area contributed by atoms with E-state index < -0.39 is 0 Å². The van der Waals surface area contributed by atoms with Crippen molar-refractivity contribution in [3.05, 3.63) is 80.5 Å². The van der Waals surface area contributed by atoms with Gasteiger partial charge in [-0.25, -0.2) is 4.98 Å². The SMILES string of the molecule is Cc1c(-c2ccccc2)oc2c(C(=O)Nc3nc4c(s3)CN(C)CC4)cccc2c1=O. The van der Waals surface area contributed by atoms with Crippen LogP contribution >= 0.6 is 11.3 Å². The molecule has 2 aromatic carbocycles. The maximum Gasteiger partial charge on any atom is 0.261 e. The van der Waals surface area contributed by atoms with Crippen molar-refractivity contribution in [1.82, 2.24) is 9.88 Å². The van der Waals surface area contributed by atoms with Gasteiger partial charge in [0.25, 0.3) is 5.91 Å². The summed E-state index contributed by atoms with van der Waals surface area (Å²) in [5.74, 6) is 0.141. The molecule has 0 saturated carbocycles. The molecule has 0 fully saturated rings. The largest absolute Gasteiger partial charge is 0.455 e. The van der Waals surface area contributed by atoms with Crippen molar-refractivity contribution in [3.63, 3.8) is 0 Å². The predicted molar refractivity (Wildman–Crippen MR) is 123 cm³/mol. The molecule has 1 amide bonds. The van der Waals surface area contributed by atoms with Gasteiger partial charge in [0.15, 0.2) is 16.1 Å². The third kappa shape index (κ3) is 3.56. The number of rotatable bonds is 3. The highest BCUT2D eigenvalue weighted by atomic mass is 32.1. The molecular weight excluding hydrogens is 410 g/mol. The quantitative estimate of drug-likeness (QED) is 0.518. The van der Waals surface area contributed by atoms with Gasteiger partial charge in [-0.05, 0) is 26.1 Å². The summed E-state index contributed by atoms with van der Waals surface area (Å²) in [5.41, 5.74) is 2.83. The van der Waals surface area contributed by atoms with Gasteiger partial charge in [0, 0.05) is 35.5 Å². The Balaban J connectivity index is 1.56. The van der Waals surface area contributed by atoms with Crippen LogP contribution in [0.5, 0.6) is 0 Å². The lowest BCUT2D eigenvalue weighted by Crippen LogP contribution is -2.25. The average molecular weight is 432 g/mol. The zero-order valence-electron chi connectivity index (χ0n) is 17.3. The smallest absolute Gasteiger partial charge is 0.261 e. The van der Waals surface area contributed by atoms with Crippen LogP contribution in [0.4, 0.5) is 5.13 Å². The summed E-state index contributed by atoms with van der Waals surface area (Å²) in [6.07, 6.45) is 0.876. The van der Waals surface area contributed by atoms with Crippen molar-refractivity contribution >= 4 is 33.3 Å². The van der Waals surface area contributed by atoms with Crippen molar-refractivity contribution in [2.45, 2.75) is 19.9 Å². The molecule has 0 saturated heterocycles. The van der Waals surface area contributed by atoms with E-state index in [2.05, 4.69) is 22.2 Å². The summed E-state index contributed by atoms with van der Waals surface area (Å²) in [6, 6.07) is 14.5. The molecule has 7 heteroatoms. The first-order chi connectivity index (χ1) is 15.0. The molecule has 4 aromatic rings. The first kappa shape index (κ1) is 19.7. The number of fused-ring (bicyclic) bond motifs is 2. The molecule has 0 spiro atoms. The Bertz CT molecular complexity index is 1360. The summed E-state index contributed by atoms with van der Waals surface area (Å²) >= 11 is 1.50. The number of para-hydroxylation sites is 1. The first-order valence-electron chi connectivity index (χ1n) is 10.1. The highest BCUT2D eigenvalue weighted by Crippen LogP contribution is 2.30. The van der Waals surface area contributed by atoms with E-state index in [9.17, 15) is 9.59 Å². The number of nitrogens with one attached hydrogen (secondary N) is 1. The fraction of sp³-hybridized carbons (Fsp3) is 0.208. The highest BCUT2D eigenvalue weighted by Gasteiger charge is 2.22. The van der Waals surface area contributed by atoms with Gasteiger partial charge < -0.3 is 9.32 Å². The van der Waals surface area contributed by atoms with Crippen LogP contribution < -0.4 is 10.7 Å². The minimum absolute atomic E-state index is 0.137. The van der Waals surface area contributed by atoms with Crippen molar-refractivity contribution in [2.24, 2.45) is 0 Å². The van der Waals surface area contributed by atoms with E-state index in [4.69, 9.17) is 4.42 Å². The topological polar surface area (TPSA) is 75.4 Å². The summed E-state index contributed by atoms with van der Waals surface area (Å²) in [4.78, 5) is 34.2. The second-order valence-electron chi connectivity index (χ2n) is 7.76. The maximum atomic E-state index is 13.1. The second-order valence-corrected chi connectivity index (χ2v) is 8.85. The molecule has 6 nitrogen and oxygen atoms in total. The lowest BCUT2D eigenvalue weighted by Gasteiger charge is -2.20. The van der Waals surface area contributed by atoms with Crippen molar-refractivity contribution < 1.29 is 9.21 Å². The van der Waals surface area contributed by atoms with Crippen LogP contribution in [0, 0.1) is 6.92 Å². The standard InChI is InChI=1S/C24H21N3O3S/c1-14-20(28)16-9-6-10-17(22(16)30-21(14)15-7-4-3-5-8-15)23(29)26-24-25-18-11-12-27(2)13-19(18)31-24/h3-10H,11-13H2,1-2H3,(H,25,26,29). The Hall–Kier alpha value is -3.29. The third-order valence-electron chi connectivity index (χ3n) is 5.57. The summed E-state index contributed by atoms with van der Waals surface area (Å²) in [6.45, 7) is 3.55.